The molecule has 1 aromatic heterocycles. The lowest BCUT2D eigenvalue weighted by atomic mass is 10.2. The first-order valence-electron chi connectivity index (χ1n) is 7.16. The number of carbonyl (C=O) groups excluding carboxylic acids is 1. The van der Waals surface area contributed by atoms with E-state index in [2.05, 4.69) is 45.4 Å². The Balaban J connectivity index is 1.60. The van der Waals surface area contributed by atoms with E-state index in [0.717, 1.165) is 12.2 Å². The number of benzene rings is 1. The molecule has 1 aromatic carbocycles. The molecule has 110 valence electrons. The molecule has 3 rings (SSSR count). The summed E-state index contributed by atoms with van der Waals surface area (Å²) < 4.78 is 1.17. The zero-order chi connectivity index (χ0) is 14.7. The maximum Gasteiger partial charge on any atom is 0.279 e. The smallest absolute Gasteiger partial charge is 0.279 e. The number of hydrogen-bond donors (Lipinski definition) is 2. The second-order valence-corrected chi connectivity index (χ2v) is 7.58. The lowest BCUT2D eigenvalue weighted by molar-refractivity contribution is -0.910. The Morgan fingerprint density at radius 2 is 2.14 bits per heavy atom. The monoisotopic (exact) mass is 413 g/mol. The molecule has 1 aliphatic rings. The van der Waals surface area contributed by atoms with Crippen LogP contribution in [0.25, 0.3) is 0 Å². The van der Waals surface area contributed by atoms with E-state index in [1.54, 1.807) is 11.3 Å². The van der Waals surface area contributed by atoms with E-state index >= 15 is 0 Å². The minimum Gasteiger partial charge on any atom is -0.321 e. The molecule has 5 heteroatoms. The molecule has 3 nitrogen and oxygen atoms in total. The summed E-state index contributed by atoms with van der Waals surface area (Å²) in [7, 11) is 0. The molecule has 1 aliphatic heterocycles. The predicted molar refractivity (Wildman–Crippen MR) is 94.8 cm³/mol. The van der Waals surface area contributed by atoms with Gasteiger partial charge in [0, 0.05) is 22.1 Å². The second kappa shape index (κ2) is 6.89. The average Bonchev–Trinajstić information content (AvgIpc) is 3.11. The van der Waals surface area contributed by atoms with Crippen molar-refractivity contribution in [2.24, 2.45) is 0 Å². The number of carbonyl (C=O) groups is 1. The number of nitrogens with one attached hydrogen (secondary N) is 2. The van der Waals surface area contributed by atoms with Crippen LogP contribution in [0, 0.1) is 3.57 Å². The number of halogens is 1. The molecule has 0 saturated carbocycles. The summed E-state index contributed by atoms with van der Waals surface area (Å²) >= 11 is 4.07. The van der Waals surface area contributed by atoms with Crippen LogP contribution in [0.5, 0.6) is 0 Å². The van der Waals surface area contributed by atoms with Crippen molar-refractivity contribution in [2.75, 3.05) is 18.4 Å². The highest BCUT2D eigenvalue weighted by atomic mass is 127. The van der Waals surface area contributed by atoms with Gasteiger partial charge in [0.15, 0.2) is 6.54 Å². The van der Waals surface area contributed by atoms with Gasteiger partial charge in [-0.15, -0.1) is 11.3 Å². The fourth-order valence-electron chi connectivity index (χ4n) is 2.90. The number of amides is 1. The molecule has 1 saturated heterocycles. The van der Waals surface area contributed by atoms with Crippen LogP contribution in [0.2, 0.25) is 0 Å². The molecule has 2 atom stereocenters. The van der Waals surface area contributed by atoms with E-state index in [4.69, 9.17) is 0 Å². The van der Waals surface area contributed by atoms with E-state index in [1.807, 2.05) is 24.3 Å². The van der Waals surface area contributed by atoms with Gasteiger partial charge in [-0.2, -0.15) is 0 Å². The fourth-order valence-corrected chi connectivity index (χ4v) is 4.18. The Kier molecular flexibility index (Phi) is 4.92. The van der Waals surface area contributed by atoms with E-state index < -0.39 is 0 Å². The minimum atomic E-state index is 0.106. The molecular formula is C16H18IN2OS+. The van der Waals surface area contributed by atoms with Gasteiger partial charge in [-0.3, -0.25) is 4.79 Å². The van der Waals surface area contributed by atoms with Gasteiger partial charge in [0.2, 0.25) is 0 Å². The van der Waals surface area contributed by atoms with Gasteiger partial charge in [0.25, 0.3) is 5.91 Å². The first-order valence-corrected chi connectivity index (χ1v) is 9.11. The van der Waals surface area contributed by atoms with Crippen molar-refractivity contribution in [1.29, 1.82) is 0 Å². The zero-order valence-corrected chi connectivity index (χ0v) is 14.6. The largest absolute Gasteiger partial charge is 0.321 e. The molecule has 2 aromatic rings. The Morgan fingerprint density at radius 3 is 2.86 bits per heavy atom. The van der Waals surface area contributed by atoms with Crippen LogP contribution < -0.4 is 10.2 Å². The van der Waals surface area contributed by atoms with Gasteiger partial charge >= 0.3 is 0 Å². The number of rotatable bonds is 4. The van der Waals surface area contributed by atoms with Crippen molar-refractivity contribution in [1.82, 2.24) is 0 Å². The maximum atomic E-state index is 12.2. The van der Waals surface area contributed by atoms with Gasteiger partial charge in [0.05, 0.1) is 11.4 Å². The molecule has 1 unspecified atom stereocenters. The summed E-state index contributed by atoms with van der Waals surface area (Å²) in [6, 6.07) is 12.7. The van der Waals surface area contributed by atoms with Crippen LogP contribution in [-0.2, 0) is 4.79 Å². The maximum absolute atomic E-state index is 12.2. The number of hydrogen-bond acceptors (Lipinski definition) is 2. The highest BCUT2D eigenvalue weighted by molar-refractivity contribution is 14.1. The van der Waals surface area contributed by atoms with E-state index in [0.29, 0.717) is 12.6 Å². The van der Waals surface area contributed by atoms with Crippen molar-refractivity contribution >= 4 is 45.5 Å². The van der Waals surface area contributed by atoms with Crippen LogP contribution in [0.15, 0.2) is 41.8 Å². The number of likely N-dealkylation sites (tertiary alicyclic amines) is 1. The minimum absolute atomic E-state index is 0.106. The first-order chi connectivity index (χ1) is 10.2. The van der Waals surface area contributed by atoms with Gasteiger partial charge in [-0.1, -0.05) is 6.07 Å². The number of quaternary nitrogens is 1. The van der Waals surface area contributed by atoms with Gasteiger partial charge in [-0.05, 0) is 58.3 Å². The van der Waals surface area contributed by atoms with Crippen LogP contribution in [0.4, 0.5) is 5.69 Å². The Labute approximate surface area is 142 Å². The van der Waals surface area contributed by atoms with Crippen molar-refractivity contribution in [3.05, 3.63) is 50.2 Å². The van der Waals surface area contributed by atoms with Gasteiger partial charge < -0.3 is 10.2 Å². The van der Waals surface area contributed by atoms with E-state index in [9.17, 15) is 4.79 Å². The van der Waals surface area contributed by atoms with Crippen LogP contribution >= 0.6 is 33.9 Å². The molecule has 1 fully saturated rings. The van der Waals surface area contributed by atoms with Crippen LogP contribution in [0.3, 0.4) is 0 Å². The molecule has 0 aliphatic carbocycles. The summed E-state index contributed by atoms with van der Waals surface area (Å²) in [5, 5.41) is 5.12. The van der Waals surface area contributed by atoms with Crippen LogP contribution in [0.1, 0.15) is 23.8 Å². The lowest BCUT2D eigenvalue weighted by Crippen LogP contribution is -3.11. The fraction of sp³-hybridized carbons (Fsp3) is 0.312. The Hall–Kier alpha value is -0.920. The lowest BCUT2D eigenvalue weighted by Gasteiger charge is -2.20. The molecule has 2 heterocycles. The summed E-state index contributed by atoms with van der Waals surface area (Å²) in [5.41, 5.74) is 0.881. The third kappa shape index (κ3) is 3.84. The number of thiophene rings is 1. The first kappa shape index (κ1) is 15.0. The Morgan fingerprint density at radius 1 is 1.33 bits per heavy atom. The molecule has 0 radical (unpaired) electrons. The van der Waals surface area contributed by atoms with Gasteiger partial charge in [0.1, 0.15) is 6.04 Å². The topological polar surface area (TPSA) is 33.5 Å². The van der Waals surface area contributed by atoms with Crippen molar-refractivity contribution in [3.8, 4) is 0 Å². The highest BCUT2D eigenvalue weighted by Crippen LogP contribution is 2.23. The molecule has 2 N–H and O–H groups in total. The quantitative estimate of drug-likeness (QED) is 0.743. The number of anilines is 1. The predicted octanol–water partition coefficient (Wildman–Crippen LogP) is 2.71. The summed E-state index contributed by atoms with van der Waals surface area (Å²) in [6.07, 6.45) is 2.39. The van der Waals surface area contributed by atoms with Crippen molar-refractivity contribution < 1.29 is 9.69 Å². The summed E-state index contributed by atoms with van der Waals surface area (Å²) in [4.78, 5) is 15.0. The van der Waals surface area contributed by atoms with Gasteiger partial charge in [-0.25, -0.2) is 0 Å². The zero-order valence-electron chi connectivity index (χ0n) is 11.6. The van der Waals surface area contributed by atoms with E-state index in [1.165, 1.54) is 26.2 Å². The molecule has 0 bridgehead atoms. The molecule has 0 spiro atoms. The molecule has 1 amide bonds. The van der Waals surface area contributed by atoms with Crippen molar-refractivity contribution in [3.63, 3.8) is 0 Å². The molecule has 21 heavy (non-hydrogen) atoms. The standard InChI is InChI=1S/C16H17IN2OS/c17-12-5-7-13(8-6-12)18-16(20)11-19-9-1-3-14(19)15-4-2-10-21-15/h2,4-8,10,14H,1,3,9,11H2,(H,18,20)/p+1/t14-/m0/s1. The third-order valence-corrected chi connectivity index (χ3v) is 5.59. The second-order valence-electron chi connectivity index (χ2n) is 5.35. The summed E-state index contributed by atoms with van der Waals surface area (Å²) in [6.45, 7) is 1.64. The third-order valence-electron chi connectivity index (χ3n) is 3.89. The molecular weight excluding hydrogens is 395 g/mol. The van der Waals surface area contributed by atoms with E-state index in [-0.39, 0.29) is 5.91 Å². The highest BCUT2D eigenvalue weighted by Gasteiger charge is 2.32. The van der Waals surface area contributed by atoms with Crippen molar-refractivity contribution in [2.45, 2.75) is 18.9 Å². The average molecular weight is 413 g/mol. The normalized spacial score (nSPS) is 21.4. The SMILES string of the molecule is O=C(C[NH+]1CCC[C@H]1c1cccs1)Nc1ccc(I)cc1. The summed E-state index contributed by atoms with van der Waals surface area (Å²) in [5.74, 6) is 0.106. The van der Waals surface area contributed by atoms with Crippen LogP contribution in [-0.4, -0.2) is 19.0 Å². The Bertz CT molecular complexity index is 597.